The van der Waals surface area contributed by atoms with E-state index in [1.165, 1.54) is 11.0 Å². The second-order valence-corrected chi connectivity index (χ2v) is 6.59. The monoisotopic (exact) mass is 353 g/mol. The first-order valence-corrected chi connectivity index (χ1v) is 8.33. The Bertz CT molecular complexity index is 903. The summed E-state index contributed by atoms with van der Waals surface area (Å²) in [6, 6.07) is 10.3. The highest BCUT2D eigenvalue weighted by molar-refractivity contribution is 5.90. The van der Waals surface area contributed by atoms with Crippen LogP contribution in [-0.2, 0) is 10.2 Å². The molecule has 0 radical (unpaired) electrons. The van der Waals surface area contributed by atoms with Crippen LogP contribution in [0.25, 0.3) is 11.1 Å². The van der Waals surface area contributed by atoms with Crippen LogP contribution in [0.15, 0.2) is 36.5 Å². The third kappa shape index (κ3) is 2.68. The van der Waals surface area contributed by atoms with Gasteiger partial charge in [0.1, 0.15) is 11.9 Å². The summed E-state index contributed by atoms with van der Waals surface area (Å²) >= 11 is 0. The number of hydrogen-bond donors (Lipinski definition) is 1. The first-order valence-electron chi connectivity index (χ1n) is 8.33. The van der Waals surface area contributed by atoms with Gasteiger partial charge in [0.2, 0.25) is 0 Å². The summed E-state index contributed by atoms with van der Waals surface area (Å²) in [7, 11) is 0. The van der Waals surface area contributed by atoms with Gasteiger partial charge in [0, 0.05) is 17.3 Å². The van der Waals surface area contributed by atoms with E-state index in [0.717, 1.165) is 18.5 Å². The van der Waals surface area contributed by atoms with Crippen LogP contribution in [0.1, 0.15) is 18.5 Å². The molecule has 1 atom stereocenters. The van der Waals surface area contributed by atoms with Crippen molar-refractivity contribution < 1.29 is 19.0 Å². The van der Waals surface area contributed by atoms with Gasteiger partial charge in [0.05, 0.1) is 36.0 Å². The molecular weight excluding hydrogens is 337 g/mol. The predicted molar refractivity (Wildman–Crippen MR) is 90.9 cm³/mol. The van der Waals surface area contributed by atoms with E-state index in [1.54, 1.807) is 30.5 Å². The molecule has 0 spiro atoms. The Morgan fingerprint density at radius 1 is 1.38 bits per heavy atom. The number of amides is 1. The molecule has 1 aromatic carbocycles. The van der Waals surface area contributed by atoms with Crippen LogP contribution < -0.4 is 4.90 Å². The van der Waals surface area contributed by atoms with Gasteiger partial charge in [-0.1, -0.05) is 6.07 Å². The molecule has 2 aliphatic rings. The zero-order valence-corrected chi connectivity index (χ0v) is 13.9. The predicted octanol–water partition coefficient (Wildman–Crippen LogP) is 2.76. The summed E-state index contributed by atoms with van der Waals surface area (Å²) in [5.74, 6) is -0.487. The highest BCUT2D eigenvalue weighted by Crippen LogP contribution is 2.46. The van der Waals surface area contributed by atoms with Gasteiger partial charge in [-0.2, -0.15) is 5.26 Å². The van der Waals surface area contributed by atoms with Crippen molar-refractivity contribution in [1.82, 2.24) is 4.98 Å². The van der Waals surface area contributed by atoms with E-state index < -0.39 is 23.4 Å². The molecule has 1 N–H and O–H groups in total. The first kappa shape index (κ1) is 16.5. The molecule has 4 rings (SSSR count). The van der Waals surface area contributed by atoms with Crippen molar-refractivity contribution in [2.75, 3.05) is 18.1 Å². The van der Waals surface area contributed by atoms with Crippen molar-refractivity contribution in [1.29, 1.82) is 5.26 Å². The van der Waals surface area contributed by atoms with Gasteiger partial charge in [-0.15, -0.1) is 0 Å². The number of hydrogen-bond acceptors (Lipinski definition) is 5. The molecule has 1 saturated heterocycles. The largest absolute Gasteiger partial charge is 0.441 e. The lowest BCUT2D eigenvalue weighted by atomic mass is 10.0. The second-order valence-electron chi connectivity index (χ2n) is 6.59. The zero-order valence-electron chi connectivity index (χ0n) is 13.9. The van der Waals surface area contributed by atoms with Crippen molar-refractivity contribution in [3.05, 3.63) is 48.0 Å². The van der Waals surface area contributed by atoms with Gasteiger partial charge in [-0.25, -0.2) is 9.18 Å². The molecule has 6 nitrogen and oxygen atoms in total. The summed E-state index contributed by atoms with van der Waals surface area (Å²) < 4.78 is 19.6. The fourth-order valence-electron chi connectivity index (χ4n) is 3.12. The number of pyridine rings is 1. The minimum atomic E-state index is -0.603. The molecule has 1 unspecified atom stereocenters. The SMILES string of the molecule is N#CC1(c2ccc(-c3ccc(N4CC(CO)OC4=O)cc3F)cn2)CC1. The zero-order chi connectivity index (χ0) is 18.3. The van der Waals surface area contributed by atoms with E-state index in [1.807, 2.05) is 0 Å². The highest BCUT2D eigenvalue weighted by Gasteiger charge is 2.46. The number of carbonyl (C=O) groups is 1. The number of aliphatic hydroxyl groups excluding tert-OH is 1. The van der Waals surface area contributed by atoms with E-state index in [9.17, 15) is 14.4 Å². The number of ether oxygens (including phenoxy) is 1. The molecule has 1 amide bonds. The van der Waals surface area contributed by atoms with Crippen LogP contribution in [0.3, 0.4) is 0 Å². The quantitative estimate of drug-likeness (QED) is 0.913. The first-order chi connectivity index (χ1) is 12.6. The number of halogens is 1. The number of aromatic nitrogens is 1. The molecule has 7 heteroatoms. The number of aliphatic hydroxyl groups is 1. The number of rotatable bonds is 4. The molecule has 2 fully saturated rings. The number of carbonyl (C=O) groups excluding carboxylic acids is 1. The minimum absolute atomic E-state index is 0.181. The standard InChI is InChI=1S/C19H16FN3O3/c20-16-7-13(23-9-14(10-24)26-18(23)25)2-3-15(16)12-1-4-17(22-8-12)19(11-21)5-6-19/h1-4,7-8,14,24H,5-6,9-10H2. The highest BCUT2D eigenvalue weighted by atomic mass is 19.1. The lowest BCUT2D eigenvalue weighted by Crippen LogP contribution is -2.25. The van der Waals surface area contributed by atoms with Crippen LogP contribution in [0.2, 0.25) is 0 Å². The third-order valence-corrected chi connectivity index (χ3v) is 4.87. The Labute approximate surface area is 149 Å². The number of benzene rings is 1. The van der Waals surface area contributed by atoms with Gasteiger partial charge in [-0.05, 0) is 37.1 Å². The molecular formula is C19H16FN3O3. The van der Waals surface area contributed by atoms with Crippen molar-refractivity contribution in [2.45, 2.75) is 24.4 Å². The van der Waals surface area contributed by atoms with Gasteiger partial charge < -0.3 is 9.84 Å². The minimum Gasteiger partial charge on any atom is -0.441 e. The van der Waals surface area contributed by atoms with E-state index in [2.05, 4.69) is 11.1 Å². The molecule has 1 aliphatic heterocycles. The Morgan fingerprint density at radius 3 is 2.73 bits per heavy atom. The summed E-state index contributed by atoms with van der Waals surface area (Å²) in [4.78, 5) is 17.4. The summed E-state index contributed by atoms with van der Waals surface area (Å²) in [6.07, 6.45) is 1.97. The summed E-state index contributed by atoms with van der Waals surface area (Å²) in [5, 5.41) is 18.3. The fourth-order valence-corrected chi connectivity index (χ4v) is 3.12. The van der Waals surface area contributed by atoms with E-state index in [4.69, 9.17) is 9.84 Å². The second kappa shape index (κ2) is 6.07. The lowest BCUT2D eigenvalue weighted by Gasteiger charge is -2.14. The maximum Gasteiger partial charge on any atom is 0.414 e. The molecule has 26 heavy (non-hydrogen) atoms. The molecule has 1 aromatic heterocycles. The molecule has 132 valence electrons. The smallest absolute Gasteiger partial charge is 0.414 e. The Morgan fingerprint density at radius 2 is 2.19 bits per heavy atom. The Hall–Kier alpha value is -2.98. The van der Waals surface area contributed by atoms with E-state index in [-0.39, 0.29) is 13.2 Å². The van der Waals surface area contributed by atoms with Gasteiger partial charge in [-0.3, -0.25) is 9.88 Å². The lowest BCUT2D eigenvalue weighted by molar-refractivity contribution is 0.0963. The van der Waals surface area contributed by atoms with Crippen molar-refractivity contribution in [3.63, 3.8) is 0 Å². The summed E-state index contributed by atoms with van der Waals surface area (Å²) in [6.45, 7) is -0.0916. The van der Waals surface area contributed by atoms with Crippen LogP contribution in [-0.4, -0.2) is 35.4 Å². The van der Waals surface area contributed by atoms with Crippen LogP contribution in [0.5, 0.6) is 0 Å². The van der Waals surface area contributed by atoms with Crippen molar-refractivity contribution >= 4 is 11.8 Å². The van der Waals surface area contributed by atoms with Crippen LogP contribution in [0.4, 0.5) is 14.9 Å². The van der Waals surface area contributed by atoms with Crippen molar-refractivity contribution in [3.8, 4) is 17.2 Å². The van der Waals surface area contributed by atoms with Crippen LogP contribution >= 0.6 is 0 Å². The normalized spacial score (nSPS) is 20.6. The molecule has 1 aliphatic carbocycles. The Kier molecular flexibility index (Phi) is 3.85. The average Bonchev–Trinajstić information content (AvgIpc) is 3.37. The van der Waals surface area contributed by atoms with Crippen molar-refractivity contribution in [2.24, 2.45) is 0 Å². The fraction of sp³-hybridized carbons (Fsp3) is 0.316. The molecule has 1 saturated carbocycles. The van der Waals surface area contributed by atoms with Gasteiger partial charge in [0.25, 0.3) is 0 Å². The van der Waals surface area contributed by atoms with E-state index >= 15 is 0 Å². The summed E-state index contributed by atoms with van der Waals surface area (Å²) in [5.41, 5.74) is 1.58. The number of nitriles is 1. The number of cyclic esters (lactones) is 1. The van der Waals surface area contributed by atoms with Gasteiger partial charge in [0.15, 0.2) is 0 Å². The maximum atomic E-state index is 14.6. The number of nitrogens with zero attached hydrogens (tertiary/aromatic N) is 3. The maximum absolute atomic E-state index is 14.6. The molecule has 0 bridgehead atoms. The topological polar surface area (TPSA) is 86.5 Å². The van der Waals surface area contributed by atoms with Crippen LogP contribution in [0, 0.1) is 17.1 Å². The van der Waals surface area contributed by atoms with E-state index in [0.29, 0.717) is 16.8 Å². The molecule has 2 aromatic rings. The molecule has 2 heterocycles. The van der Waals surface area contributed by atoms with Gasteiger partial charge >= 0.3 is 6.09 Å². The number of anilines is 1. The third-order valence-electron chi connectivity index (χ3n) is 4.87. The Balaban J connectivity index is 1.59. The average molecular weight is 353 g/mol.